The van der Waals surface area contributed by atoms with Crippen LogP contribution in [-0.4, -0.2) is 27.8 Å². The molecule has 1 unspecified atom stereocenters. The van der Waals surface area contributed by atoms with E-state index in [0.29, 0.717) is 16.5 Å². The van der Waals surface area contributed by atoms with Crippen molar-refractivity contribution >= 4 is 46.2 Å². The van der Waals surface area contributed by atoms with E-state index in [2.05, 4.69) is 5.32 Å². The summed E-state index contributed by atoms with van der Waals surface area (Å²) in [5.74, 6) is -0.673. The van der Waals surface area contributed by atoms with Crippen molar-refractivity contribution in [3.05, 3.63) is 97.0 Å². The number of ether oxygens (including phenoxy) is 1. The van der Waals surface area contributed by atoms with Crippen molar-refractivity contribution in [3.63, 3.8) is 0 Å². The third-order valence-corrected chi connectivity index (χ3v) is 5.48. The SMILES string of the molecule is CC1Oc2ccc(NC(=O)c3cc([N+](=O)[O-])cc([N+](=O)[O-])c3)cc2N(Cc2cccc(Cl)c2)C1=O. The monoisotopic (exact) mass is 496 g/mol. The van der Waals surface area contributed by atoms with Crippen LogP contribution in [0.25, 0.3) is 0 Å². The van der Waals surface area contributed by atoms with Crippen molar-refractivity contribution in [2.24, 2.45) is 0 Å². The number of rotatable bonds is 6. The lowest BCUT2D eigenvalue weighted by atomic mass is 10.1. The fourth-order valence-corrected chi connectivity index (χ4v) is 3.82. The smallest absolute Gasteiger partial charge is 0.277 e. The Hall–Kier alpha value is -4.51. The molecule has 1 N–H and O–H groups in total. The first-order chi connectivity index (χ1) is 16.6. The molecule has 3 aromatic rings. The lowest BCUT2D eigenvalue weighted by molar-refractivity contribution is -0.394. The lowest BCUT2D eigenvalue weighted by Crippen LogP contribution is -2.44. The van der Waals surface area contributed by atoms with Gasteiger partial charge in [-0.3, -0.25) is 29.8 Å². The summed E-state index contributed by atoms with van der Waals surface area (Å²) in [7, 11) is 0. The lowest BCUT2D eigenvalue weighted by Gasteiger charge is -2.33. The average Bonchev–Trinajstić information content (AvgIpc) is 2.82. The van der Waals surface area contributed by atoms with Crippen LogP contribution < -0.4 is 15.0 Å². The van der Waals surface area contributed by atoms with Gasteiger partial charge in [-0.2, -0.15) is 0 Å². The molecule has 3 aromatic carbocycles. The molecule has 0 aliphatic carbocycles. The molecule has 0 bridgehead atoms. The van der Waals surface area contributed by atoms with Crippen molar-refractivity contribution in [2.75, 3.05) is 10.2 Å². The number of amides is 2. The highest BCUT2D eigenvalue weighted by Gasteiger charge is 2.32. The first-order valence-corrected chi connectivity index (χ1v) is 10.6. The van der Waals surface area contributed by atoms with Crippen LogP contribution in [0, 0.1) is 20.2 Å². The summed E-state index contributed by atoms with van der Waals surface area (Å²) >= 11 is 6.07. The van der Waals surface area contributed by atoms with Crippen LogP contribution in [-0.2, 0) is 11.3 Å². The van der Waals surface area contributed by atoms with Gasteiger partial charge in [-0.25, -0.2) is 0 Å². The van der Waals surface area contributed by atoms with E-state index in [-0.39, 0.29) is 23.7 Å². The second kappa shape index (κ2) is 9.39. The molecule has 0 aromatic heterocycles. The van der Waals surface area contributed by atoms with Gasteiger partial charge < -0.3 is 15.0 Å². The molecule has 2 amide bonds. The van der Waals surface area contributed by atoms with E-state index in [1.807, 2.05) is 6.07 Å². The fraction of sp³-hybridized carbons (Fsp3) is 0.130. The van der Waals surface area contributed by atoms with Crippen molar-refractivity contribution in [1.29, 1.82) is 0 Å². The molecule has 1 atom stereocenters. The molecule has 1 heterocycles. The number of carbonyl (C=O) groups excluding carboxylic acids is 2. The third-order valence-electron chi connectivity index (χ3n) is 5.24. The quantitative estimate of drug-likeness (QED) is 0.383. The van der Waals surface area contributed by atoms with Gasteiger partial charge >= 0.3 is 0 Å². The number of nitrogens with zero attached hydrogens (tertiary/aromatic N) is 3. The Labute approximate surface area is 203 Å². The third kappa shape index (κ3) is 5.04. The van der Waals surface area contributed by atoms with Crippen LogP contribution in [0.2, 0.25) is 5.02 Å². The topological polar surface area (TPSA) is 145 Å². The van der Waals surface area contributed by atoms with Gasteiger partial charge in [0.2, 0.25) is 0 Å². The molecule has 4 rings (SSSR count). The number of fused-ring (bicyclic) bond motifs is 1. The molecule has 0 radical (unpaired) electrons. The molecule has 12 heteroatoms. The Morgan fingerprint density at radius 1 is 1.06 bits per heavy atom. The molecule has 1 aliphatic heterocycles. The second-order valence-electron chi connectivity index (χ2n) is 7.70. The summed E-state index contributed by atoms with van der Waals surface area (Å²) in [6, 6.07) is 14.3. The molecule has 178 valence electrons. The Bertz CT molecular complexity index is 1350. The van der Waals surface area contributed by atoms with Gasteiger partial charge in [-0.15, -0.1) is 0 Å². The average molecular weight is 497 g/mol. The number of hydrogen-bond acceptors (Lipinski definition) is 7. The van der Waals surface area contributed by atoms with E-state index in [1.165, 1.54) is 17.0 Å². The molecule has 35 heavy (non-hydrogen) atoms. The molecule has 0 saturated carbocycles. The van der Waals surface area contributed by atoms with Crippen LogP contribution >= 0.6 is 11.6 Å². The minimum Gasteiger partial charge on any atom is -0.479 e. The van der Waals surface area contributed by atoms with Crippen LogP contribution in [0.5, 0.6) is 5.75 Å². The number of nitro benzene ring substituents is 2. The second-order valence-corrected chi connectivity index (χ2v) is 8.14. The van der Waals surface area contributed by atoms with Gasteiger partial charge in [0.1, 0.15) is 5.75 Å². The maximum absolute atomic E-state index is 12.9. The van der Waals surface area contributed by atoms with Crippen molar-refractivity contribution < 1.29 is 24.2 Å². The number of anilines is 2. The Morgan fingerprint density at radius 3 is 2.37 bits per heavy atom. The Kier molecular flexibility index (Phi) is 6.34. The van der Waals surface area contributed by atoms with E-state index in [9.17, 15) is 29.8 Å². The normalized spacial score (nSPS) is 14.6. The van der Waals surface area contributed by atoms with Gasteiger partial charge in [0.15, 0.2) is 6.10 Å². The summed E-state index contributed by atoms with van der Waals surface area (Å²) in [6.07, 6.45) is -0.729. The van der Waals surface area contributed by atoms with Gasteiger partial charge in [-0.1, -0.05) is 23.7 Å². The maximum atomic E-state index is 12.9. The summed E-state index contributed by atoms with van der Waals surface area (Å²) in [5, 5.41) is 25.3. The highest BCUT2D eigenvalue weighted by atomic mass is 35.5. The van der Waals surface area contributed by atoms with E-state index < -0.39 is 33.2 Å². The Morgan fingerprint density at radius 2 is 1.74 bits per heavy atom. The number of benzene rings is 3. The van der Waals surface area contributed by atoms with Gasteiger partial charge in [0.25, 0.3) is 23.2 Å². The van der Waals surface area contributed by atoms with Gasteiger partial charge in [0, 0.05) is 22.8 Å². The Balaban J connectivity index is 1.65. The highest BCUT2D eigenvalue weighted by molar-refractivity contribution is 6.30. The first kappa shape index (κ1) is 23.6. The molecular formula is C23H17ClN4O7. The largest absolute Gasteiger partial charge is 0.479 e. The number of non-ortho nitro benzene ring substituents is 2. The standard InChI is InChI=1S/C23H17ClN4O7/c1-13-23(30)26(12-14-3-2-4-16(24)7-14)20-10-17(5-6-21(20)35-13)25-22(29)15-8-18(27(31)32)11-19(9-15)28(33)34/h2-11,13H,12H2,1H3,(H,25,29). The van der Waals surface area contributed by atoms with Crippen molar-refractivity contribution in [3.8, 4) is 5.75 Å². The van der Waals surface area contributed by atoms with Crippen LogP contribution in [0.3, 0.4) is 0 Å². The summed E-state index contributed by atoms with van der Waals surface area (Å²) in [6.45, 7) is 1.83. The van der Waals surface area contributed by atoms with Crippen molar-refractivity contribution in [1.82, 2.24) is 0 Å². The van der Waals surface area contributed by atoms with E-state index in [1.54, 1.807) is 31.2 Å². The maximum Gasteiger partial charge on any atom is 0.277 e. The molecule has 1 aliphatic rings. The highest BCUT2D eigenvalue weighted by Crippen LogP contribution is 2.37. The van der Waals surface area contributed by atoms with E-state index in [0.717, 1.165) is 23.8 Å². The zero-order chi connectivity index (χ0) is 25.3. The summed E-state index contributed by atoms with van der Waals surface area (Å²) in [5.41, 5.74) is -0.00334. The molecule has 11 nitrogen and oxygen atoms in total. The zero-order valence-corrected chi connectivity index (χ0v) is 18.9. The molecule has 0 saturated heterocycles. The summed E-state index contributed by atoms with van der Waals surface area (Å²) < 4.78 is 5.68. The number of carbonyl (C=O) groups is 2. The molecule has 0 fully saturated rings. The number of nitrogens with one attached hydrogen (secondary N) is 1. The minimum absolute atomic E-state index is 0.203. The van der Waals surface area contributed by atoms with Gasteiger partial charge in [-0.05, 0) is 42.8 Å². The zero-order valence-electron chi connectivity index (χ0n) is 18.1. The van der Waals surface area contributed by atoms with Crippen molar-refractivity contribution in [2.45, 2.75) is 19.6 Å². The minimum atomic E-state index is -0.819. The van der Waals surface area contributed by atoms with E-state index in [4.69, 9.17) is 16.3 Å². The predicted molar refractivity (Wildman–Crippen MR) is 127 cm³/mol. The fourth-order valence-electron chi connectivity index (χ4n) is 3.61. The van der Waals surface area contributed by atoms with Crippen LogP contribution in [0.1, 0.15) is 22.8 Å². The number of nitro groups is 2. The summed E-state index contributed by atoms with van der Waals surface area (Å²) in [4.78, 5) is 47.8. The van der Waals surface area contributed by atoms with Crippen LogP contribution in [0.4, 0.5) is 22.7 Å². The van der Waals surface area contributed by atoms with Gasteiger partial charge in [0.05, 0.1) is 33.7 Å². The predicted octanol–water partition coefficient (Wildman–Crippen LogP) is 4.72. The van der Waals surface area contributed by atoms with Crippen LogP contribution in [0.15, 0.2) is 60.7 Å². The van der Waals surface area contributed by atoms with E-state index >= 15 is 0 Å². The number of halogens is 1. The number of hydrogen-bond donors (Lipinski definition) is 1. The molecule has 0 spiro atoms. The molecular weight excluding hydrogens is 480 g/mol. The first-order valence-electron chi connectivity index (χ1n) is 10.2.